The Labute approximate surface area is 87.5 Å². The number of alkyl halides is 1. The molecule has 4 heteroatoms. The number of hydrogen-bond acceptors (Lipinski definition) is 3. The highest BCUT2D eigenvalue weighted by Gasteiger charge is 2.21. The third kappa shape index (κ3) is 2.42. The highest BCUT2D eigenvalue weighted by molar-refractivity contribution is 7.09. The van der Waals surface area contributed by atoms with Crippen molar-refractivity contribution in [1.82, 2.24) is 9.88 Å². The lowest BCUT2D eigenvalue weighted by molar-refractivity contribution is 0.320. The number of aromatic nitrogens is 1. The van der Waals surface area contributed by atoms with Crippen molar-refractivity contribution < 1.29 is 0 Å². The molecule has 0 spiro atoms. The Kier molecular flexibility index (Phi) is 3.19. The van der Waals surface area contributed by atoms with Crippen LogP contribution in [0.15, 0.2) is 11.6 Å². The van der Waals surface area contributed by atoms with Crippen LogP contribution < -0.4 is 0 Å². The molecule has 0 N–H and O–H groups in total. The molecule has 1 aromatic heterocycles. The van der Waals surface area contributed by atoms with Gasteiger partial charge in [0.1, 0.15) is 5.01 Å². The molecule has 13 heavy (non-hydrogen) atoms. The van der Waals surface area contributed by atoms with Gasteiger partial charge in [-0.25, -0.2) is 4.98 Å². The summed E-state index contributed by atoms with van der Waals surface area (Å²) in [5, 5.41) is 3.25. The molecule has 0 aliphatic carbocycles. The summed E-state index contributed by atoms with van der Waals surface area (Å²) < 4.78 is 0. The fourth-order valence-electron chi connectivity index (χ4n) is 1.70. The van der Waals surface area contributed by atoms with Crippen molar-refractivity contribution in [2.75, 3.05) is 19.0 Å². The van der Waals surface area contributed by atoms with Gasteiger partial charge in [-0.15, -0.1) is 22.9 Å². The summed E-state index contributed by atoms with van der Waals surface area (Å²) in [5.74, 6) is 1.50. The standard InChI is InChI=1S/C9H13ClN2S/c10-5-8-1-3-12(6-8)7-9-11-2-4-13-9/h2,4,8H,1,3,5-7H2. The van der Waals surface area contributed by atoms with Crippen LogP contribution in [0.4, 0.5) is 0 Å². The van der Waals surface area contributed by atoms with Gasteiger partial charge in [-0.1, -0.05) is 0 Å². The van der Waals surface area contributed by atoms with E-state index in [0.717, 1.165) is 19.0 Å². The molecular weight excluding hydrogens is 204 g/mol. The minimum atomic E-state index is 0.696. The van der Waals surface area contributed by atoms with Crippen LogP contribution in [0.25, 0.3) is 0 Å². The van der Waals surface area contributed by atoms with Crippen molar-refractivity contribution in [2.24, 2.45) is 5.92 Å². The lowest BCUT2D eigenvalue weighted by Crippen LogP contribution is -2.20. The largest absolute Gasteiger partial charge is 0.296 e. The van der Waals surface area contributed by atoms with Gasteiger partial charge in [-0.05, 0) is 18.9 Å². The van der Waals surface area contributed by atoms with Crippen LogP contribution in [0.2, 0.25) is 0 Å². The van der Waals surface area contributed by atoms with E-state index in [1.165, 1.54) is 18.0 Å². The van der Waals surface area contributed by atoms with E-state index in [2.05, 4.69) is 9.88 Å². The van der Waals surface area contributed by atoms with Gasteiger partial charge < -0.3 is 0 Å². The molecule has 1 unspecified atom stereocenters. The lowest BCUT2D eigenvalue weighted by Gasteiger charge is -2.12. The van der Waals surface area contributed by atoms with Crippen molar-refractivity contribution in [3.63, 3.8) is 0 Å². The van der Waals surface area contributed by atoms with E-state index in [1.807, 2.05) is 11.6 Å². The van der Waals surface area contributed by atoms with Gasteiger partial charge in [-0.3, -0.25) is 4.90 Å². The van der Waals surface area contributed by atoms with Crippen LogP contribution in [0.3, 0.4) is 0 Å². The van der Waals surface area contributed by atoms with Crippen LogP contribution in [-0.2, 0) is 6.54 Å². The quantitative estimate of drug-likeness (QED) is 0.721. The fourth-order valence-corrected chi connectivity index (χ4v) is 2.61. The second kappa shape index (κ2) is 4.40. The van der Waals surface area contributed by atoms with Gasteiger partial charge in [0.2, 0.25) is 0 Å². The van der Waals surface area contributed by atoms with E-state index < -0.39 is 0 Å². The van der Waals surface area contributed by atoms with Crippen molar-refractivity contribution in [2.45, 2.75) is 13.0 Å². The van der Waals surface area contributed by atoms with Crippen LogP contribution in [-0.4, -0.2) is 28.9 Å². The second-order valence-electron chi connectivity index (χ2n) is 3.47. The molecule has 0 saturated carbocycles. The first-order valence-corrected chi connectivity index (χ1v) is 5.96. The highest BCUT2D eigenvalue weighted by atomic mass is 35.5. The van der Waals surface area contributed by atoms with Gasteiger partial charge >= 0.3 is 0 Å². The van der Waals surface area contributed by atoms with E-state index in [0.29, 0.717) is 5.92 Å². The Balaban J connectivity index is 1.84. The number of halogens is 1. The number of thiazole rings is 1. The molecule has 0 bridgehead atoms. The van der Waals surface area contributed by atoms with Crippen molar-refractivity contribution in [3.8, 4) is 0 Å². The predicted octanol–water partition coefficient (Wildman–Crippen LogP) is 2.20. The van der Waals surface area contributed by atoms with Crippen LogP contribution in [0, 0.1) is 5.92 Å². The Morgan fingerprint density at radius 2 is 2.62 bits per heavy atom. The van der Waals surface area contributed by atoms with Gasteiger partial charge in [-0.2, -0.15) is 0 Å². The maximum Gasteiger partial charge on any atom is 0.107 e. The molecule has 1 aliphatic rings. The molecule has 72 valence electrons. The Morgan fingerprint density at radius 1 is 1.69 bits per heavy atom. The number of likely N-dealkylation sites (tertiary alicyclic amines) is 1. The summed E-state index contributed by atoms with van der Waals surface area (Å²) in [7, 11) is 0. The van der Waals surface area contributed by atoms with Gasteiger partial charge in [0, 0.05) is 24.0 Å². The average Bonchev–Trinajstić information content (AvgIpc) is 2.76. The molecule has 1 atom stereocenters. The third-order valence-electron chi connectivity index (χ3n) is 2.43. The summed E-state index contributed by atoms with van der Waals surface area (Å²) in [6.07, 6.45) is 3.12. The molecule has 1 aromatic rings. The lowest BCUT2D eigenvalue weighted by atomic mass is 10.2. The zero-order valence-corrected chi connectivity index (χ0v) is 9.02. The van der Waals surface area contributed by atoms with Crippen molar-refractivity contribution in [1.29, 1.82) is 0 Å². The molecule has 0 amide bonds. The molecule has 2 heterocycles. The monoisotopic (exact) mass is 216 g/mol. The number of rotatable bonds is 3. The van der Waals surface area contributed by atoms with Gasteiger partial charge in [0.05, 0.1) is 6.54 Å². The fraction of sp³-hybridized carbons (Fsp3) is 0.667. The Morgan fingerprint density at radius 3 is 3.23 bits per heavy atom. The summed E-state index contributed by atoms with van der Waals surface area (Å²) in [6, 6.07) is 0. The number of hydrogen-bond donors (Lipinski definition) is 0. The van der Waals surface area contributed by atoms with E-state index in [1.54, 1.807) is 11.3 Å². The average molecular weight is 217 g/mol. The third-order valence-corrected chi connectivity index (χ3v) is 3.63. The Hall–Kier alpha value is -0.120. The smallest absolute Gasteiger partial charge is 0.107 e. The summed E-state index contributed by atoms with van der Waals surface area (Å²) >= 11 is 7.55. The second-order valence-corrected chi connectivity index (χ2v) is 4.76. The molecular formula is C9H13ClN2S. The molecule has 2 rings (SSSR count). The van der Waals surface area contributed by atoms with Crippen LogP contribution >= 0.6 is 22.9 Å². The van der Waals surface area contributed by atoms with E-state index in [9.17, 15) is 0 Å². The normalized spacial score (nSPS) is 23.9. The molecule has 1 aliphatic heterocycles. The Bertz CT molecular complexity index is 250. The molecule has 0 aromatic carbocycles. The van der Waals surface area contributed by atoms with Gasteiger partial charge in [0.15, 0.2) is 0 Å². The maximum absolute atomic E-state index is 5.82. The minimum absolute atomic E-state index is 0.696. The summed E-state index contributed by atoms with van der Waals surface area (Å²) in [5.41, 5.74) is 0. The first-order chi connectivity index (χ1) is 6.38. The van der Waals surface area contributed by atoms with E-state index >= 15 is 0 Å². The SMILES string of the molecule is ClCC1CCN(Cc2nccs2)C1. The zero-order chi connectivity index (χ0) is 9.10. The van der Waals surface area contributed by atoms with Crippen molar-refractivity contribution in [3.05, 3.63) is 16.6 Å². The molecule has 0 radical (unpaired) electrons. The maximum atomic E-state index is 5.82. The molecule has 1 saturated heterocycles. The molecule has 2 nitrogen and oxygen atoms in total. The summed E-state index contributed by atoms with van der Waals surface area (Å²) in [6.45, 7) is 3.32. The zero-order valence-electron chi connectivity index (χ0n) is 7.45. The van der Waals surface area contributed by atoms with E-state index in [-0.39, 0.29) is 0 Å². The molecule has 1 fully saturated rings. The van der Waals surface area contributed by atoms with Crippen LogP contribution in [0.5, 0.6) is 0 Å². The topological polar surface area (TPSA) is 16.1 Å². The number of nitrogens with zero attached hydrogens (tertiary/aromatic N) is 2. The van der Waals surface area contributed by atoms with Gasteiger partial charge in [0.25, 0.3) is 0 Å². The van der Waals surface area contributed by atoms with E-state index in [4.69, 9.17) is 11.6 Å². The van der Waals surface area contributed by atoms with Crippen molar-refractivity contribution >= 4 is 22.9 Å². The predicted molar refractivity (Wildman–Crippen MR) is 56.2 cm³/mol. The minimum Gasteiger partial charge on any atom is -0.296 e. The first kappa shape index (κ1) is 9.44. The first-order valence-electron chi connectivity index (χ1n) is 4.55. The summed E-state index contributed by atoms with van der Waals surface area (Å²) in [4.78, 5) is 6.71. The highest BCUT2D eigenvalue weighted by Crippen LogP contribution is 2.20. The van der Waals surface area contributed by atoms with Crippen LogP contribution in [0.1, 0.15) is 11.4 Å².